The Morgan fingerprint density at radius 2 is 2.00 bits per heavy atom. The molecule has 0 bridgehead atoms. The number of nitrogens with one attached hydrogen (secondary N) is 2. The molecule has 21 heavy (non-hydrogen) atoms. The second kappa shape index (κ2) is 5.24. The summed E-state index contributed by atoms with van der Waals surface area (Å²) >= 11 is 0. The van der Waals surface area contributed by atoms with E-state index in [1.807, 2.05) is 6.20 Å². The van der Waals surface area contributed by atoms with Gasteiger partial charge in [0.1, 0.15) is 0 Å². The first-order valence-electron chi connectivity index (χ1n) is 7.68. The number of aryl methyl sites for hydroxylation is 1. The molecule has 3 heteroatoms. The average molecular weight is 277 g/mol. The monoisotopic (exact) mass is 277 g/mol. The summed E-state index contributed by atoms with van der Waals surface area (Å²) in [5, 5.41) is 12.1. The molecule has 0 saturated carbocycles. The number of fused-ring (bicyclic) bond motifs is 2. The minimum atomic E-state index is 0.393. The fourth-order valence-corrected chi connectivity index (χ4v) is 3.35. The molecule has 0 spiro atoms. The molecule has 1 aliphatic carbocycles. The molecule has 1 atom stereocenters. The minimum absolute atomic E-state index is 0.393. The summed E-state index contributed by atoms with van der Waals surface area (Å²) in [5.41, 5.74) is 5.20. The van der Waals surface area contributed by atoms with Crippen molar-refractivity contribution in [1.29, 1.82) is 0 Å². The molecule has 4 rings (SSSR count). The first kappa shape index (κ1) is 12.5. The van der Waals surface area contributed by atoms with E-state index in [4.69, 9.17) is 0 Å². The Kier molecular flexibility index (Phi) is 3.11. The summed E-state index contributed by atoms with van der Waals surface area (Å²) in [6.45, 7) is 0. The van der Waals surface area contributed by atoms with Crippen molar-refractivity contribution in [3.05, 3.63) is 59.8 Å². The topological polar surface area (TPSA) is 40.7 Å². The number of rotatable bonds is 2. The molecule has 3 nitrogen and oxygen atoms in total. The van der Waals surface area contributed by atoms with Crippen molar-refractivity contribution in [2.75, 3.05) is 5.32 Å². The summed E-state index contributed by atoms with van der Waals surface area (Å²) in [6, 6.07) is 15.5. The predicted octanol–water partition coefficient (Wildman–Crippen LogP) is 4.44. The highest BCUT2D eigenvalue weighted by Gasteiger charge is 2.18. The third-order valence-corrected chi connectivity index (χ3v) is 4.43. The zero-order valence-corrected chi connectivity index (χ0v) is 12.0. The molecule has 1 aliphatic rings. The van der Waals surface area contributed by atoms with Crippen LogP contribution in [-0.2, 0) is 6.42 Å². The maximum atomic E-state index is 4.15. The van der Waals surface area contributed by atoms with Gasteiger partial charge in [-0.25, -0.2) is 0 Å². The van der Waals surface area contributed by atoms with Crippen molar-refractivity contribution in [2.45, 2.75) is 31.7 Å². The van der Waals surface area contributed by atoms with Crippen LogP contribution in [0.2, 0.25) is 0 Å². The van der Waals surface area contributed by atoms with Gasteiger partial charge in [-0.2, -0.15) is 5.10 Å². The van der Waals surface area contributed by atoms with Crippen molar-refractivity contribution < 1.29 is 0 Å². The summed E-state index contributed by atoms with van der Waals surface area (Å²) < 4.78 is 0. The van der Waals surface area contributed by atoms with Crippen LogP contribution in [-0.4, -0.2) is 10.2 Å². The van der Waals surface area contributed by atoms with Crippen LogP contribution in [0.15, 0.2) is 48.7 Å². The van der Waals surface area contributed by atoms with Crippen molar-refractivity contribution in [1.82, 2.24) is 10.2 Å². The van der Waals surface area contributed by atoms with Gasteiger partial charge in [0.15, 0.2) is 0 Å². The van der Waals surface area contributed by atoms with Crippen LogP contribution in [0.3, 0.4) is 0 Å². The maximum absolute atomic E-state index is 4.15. The number of hydrogen-bond acceptors (Lipinski definition) is 2. The van der Waals surface area contributed by atoms with Gasteiger partial charge in [-0.15, -0.1) is 0 Å². The van der Waals surface area contributed by atoms with Crippen LogP contribution in [0.1, 0.15) is 36.4 Å². The minimum Gasteiger partial charge on any atom is -0.378 e. The standard InChI is InChI=1S/C18H19N3/c1-3-8-14-13(6-1)7-2-4-9-16(14)20-17-10-5-11-18-15(17)12-19-21-18/h1,3,5-6,8,10-12,16,20H,2,4,7,9H2,(H,19,21). The number of aromatic nitrogens is 2. The number of H-pyrrole nitrogens is 1. The summed E-state index contributed by atoms with van der Waals surface area (Å²) in [4.78, 5) is 0. The Morgan fingerprint density at radius 1 is 1.05 bits per heavy atom. The van der Waals surface area contributed by atoms with Gasteiger partial charge in [0, 0.05) is 11.1 Å². The molecule has 106 valence electrons. The van der Waals surface area contributed by atoms with E-state index >= 15 is 0 Å². The molecule has 2 N–H and O–H groups in total. The fourth-order valence-electron chi connectivity index (χ4n) is 3.35. The van der Waals surface area contributed by atoms with Crippen LogP contribution in [0.5, 0.6) is 0 Å². The first-order valence-corrected chi connectivity index (χ1v) is 7.68. The molecular formula is C18H19N3. The van der Waals surface area contributed by atoms with Crippen LogP contribution in [0.4, 0.5) is 5.69 Å². The highest BCUT2D eigenvalue weighted by Crippen LogP contribution is 2.33. The van der Waals surface area contributed by atoms with E-state index in [1.165, 1.54) is 47.9 Å². The maximum Gasteiger partial charge on any atom is 0.0671 e. The predicted molar refractivity (Wildman–Crippen MR) is 86.5 cm³/mol. The molecule has 3 aromatic rings. The second-order valence-corrected chi connectivity index (χ2v) is 5.78. The largest absolute Gasteiger partial charge is 0.378 e. The number of nitrogens with zero attached hydrogens (tertiary/aromatic N) is 1. The van der Waals surface area contributed by atoms with E-state index in [1.54, 1.807) is 0 Å². The van der Waals surface area contributed by atoms with Crippen molar-refractivity contribution >= 4 is 16.6 Å². The van der Waals surface area contributed by atoms with Crippen molar-refractivity contribution in [2.24, 2.45) is 0 Å². The van der Waals surface area contributed by atoms with Crippen LogP contribution in [0, 0.1) is 0 Å². The Balaban J connectivity index is 1.72. The summed E-state index contributed by atoms with van der Waals surface area (Å²) in [6.07, 6.45) is 6.84. The fraction of sp³-hybridized carbons (Fsp3) is 0.278. The van der Waals surface area contributed by atoms with Gasteiger partial charge in [-0.1, -0.05) is 36.8 Å². The zero-order valence-electron chi connectivity index (χ0n) is 12.0. The normalized spacial score (nSPS) is 18.2. The van der Waals surface area contributed by atoms with Crippen LogP contribution < -0.4 is 5.32 Å². The molecule has 0 saturated heterocycles. The van der Waals surface area contributed by atoms with Crippen LogP contribution in [0.25, 0.3) is 10.9 Å². The van der Waals surface area contributed by atoms with Crippen molar-refractivity contribution in [3.63, 3.8) is 0 Å². The summed E-state index contributed by atoms with van der Waals surface area (Å²) in [5.74, 6) is 0. The zero-order chi connectivity index (χ0) is 14.1. The highest BCUT2D eigenvalue weighted by molar-refractivity contribution is 5.91. The van der Waals surface area contributed by atoms with E-state index in [-0.39, 0.29) is 0 Å². The van der Waals surface area contributed by atoms with Gasteiger partial charge in [0.2, 0.25) is 0 Å². The third kappa shape index (κ3) is 2.29. The quantitative estimate of drug-likeness (QED) is 0.680. The molecule has 1 aromatic heterocycles. The molecule has 0 amide bonds. The number of aromatic amines is 1. The van der Waals surface area contributed by atoms with Gasteiger partial charge in [-0.3, -0.25) is 5.10 Å². The first-order chi connectivity index (χ1) is 10.4. The lowest BCUT2D eigenvalue weighted by molar-refractivity contribution is 0.645. The molecule has 0 fully saturated rings. The molecular weight excluding hydrogens is 258 g/mol. The lowest BCUT2D eigenvalue weighted by Gasteiger charge is -2.21. The lowest BCUT2D eigenvalue weighted by atomic mass is 9.98. The molecule has 0 radical (unpaired) electrons. The SMILES string of the molecule is c1ccc2c(c1)CCCCC2Nc1cccc2[nH]ncc12. The van der Waals surface area contributed by atoms with Gasteiger partial charge >= 0.3 is 0 Å². The number of hydrogen-bond donors (Lipinski definition) is 2. The highest BCUT2D eigenvalue weighted by atomic mass is 15.1. The van der Waals surface area contributed by atoms with E-state index in [0.717, 1.165) is 5.52 Å². The van der Waals surface area contributed by atoms with E-state index in [2.05, 4.69) is 58.0 Å². The van der Waals surface area contributed by atoms with Crippen molar-refractivity contribution in [3.8, 4) is 0 Å². The van der Waals surface area contributed by atoms with Gasteiger partial charge in [0.05, 0.1) is 17.8 Å². The third-order valence-electron chi connectivity index (χ3n) is 4.43. The van der Waals surface area contributed by atoms with E-state index in [0.29, 0.717) is 6.04 Å². The smallest absolute Gasteiger partial charge is 0.0671 e. The number of benzene rings is 2. The van der Waals surface area contributed by atoms with Gasteiger partial charge < -0.3 is 5.32 Å². The lowest BCUT2D eigenvalue weighted by Crippen LogP contribution is -2.11. The molecule has 1 unspecified atom stereocenters. The van der Waals surface area contributed by atoms with E-state index < -0.39 is 0 Å². The Bertz CT molecular complexity index is 760. The number of anilines is 1. The Labute approximate surface area is 124 Å². The molecule has 0 aliphatic heterocycles. The van der Waals surface area contributed by atoms with Gasteiger partial charge in [-0.05, 0) is 42.5 Å². The molecule has 1 heterocycles. The van der Waals surface area contributed by atoms with Crippen LogP contribution >= 0.6 is 0 Å². The van der Waals surface area contributed by atoms with E-state index in [9.17, 15) is 0 Å². The van der Waals surface area contributed by atoms with Gasteiger partial charge in [0.25, 0.3) is 0 Å². The Hall–Kier alpha value is -2.29. The average Bonchev–Trinajstić information content (AvgIpc) is 2.91. The second-order valence-electron chi connectivity index (χ2n) is 5.78. The molecule has 2 aromatic carbocycles. The summed E-state index contributed by atoms with van der Waals surface area (Å²) in [7, 11) is 0. The Morgan fingerprint density at radius 3 is 3.00 bits per heavy atom.